The van der Waals surface area contributed by atoms with Gasteiger partial charge in [0.25, 0.3) is 0 Å². The van der Waals surface area contributed by atoms with Gasteiger partial charge in [0.1, 0.15) is 0 Å². The van der Waals surface area contributed by atoms with Gasteiger partial charge in [-0.15, -0.1) is 0 Å². The van der Waals surface area contributed by atoms with Crippen LogP contribution in [-0.4, -0.2) is 12.1 Å². The molecule has 2 fully saturated rings. The predicted molar refractivity (Wildman–Crippen MR) is 75.1 cm³/mol. The van der Waals surface area contributed by atoms with Crippen LogP contribution in [0.1, 0.15) is 72.1 Å². The van der Waals surface area contributed by atoms with Gasteiger partial charge in [-0.1, -0.05) is 40.0 Å². The van der Waals surface area contributed by atoms with Crippen molar-refractivity contribution in [2.45, 2.75) is 84.2 Å². The van der Waals surface area contributed by atoms with E-state index < -0.39 is 0 Å². The molecule has 0 spiro atoms. The molecule has 5 unspecified atom stereocenters. The van der Waals surface area contributed by atoms with Gasteiger partial charge in [0, 0.05) is 12.1 Å². The van der Waals surface area contributed by atoms with E-state index in [0.29, 0.717) is 0 Å². The molecule has 0 aliphatic heterocycles. The molecule has 100 valence electrons. The molecule has 2 aliphatic rings. The van der Waals surface area contributed by atoms with E-state index in [1.54, 1.807) is 0 Å². The SMILES string of the molecule is CC1CCC(NC2CCCCCC2C)CC1C. The number of rotatable bonds is 2. The molecule has 2 aliphatic carbocycles. The van der Waals surface area contributed by atoms with Gasteiger partial charge >= 0.3 is 0 Å². The van der Waals surface area contributed by atoms with Crippen LogP contribution < -0.4 is 5.32 Å². The fourth-order valence-electron chi connectivity index (χ4n) is 3.74. The average Bonchev–Trinajstić information content (AvgIpc) is 2.50. The molecule has 1 heteroatoms. The first-order valence-electron chi connectivity index (χ1n) is 7.93. The molecule has 0 aromatic rings. The third kappa shape index (κ3) is 3.71. The zero-order chi connectivity index (χ0) is 12.3. The summed E-state index contributed by atoms with van der Waals surface area (Å²) in [4.78, 5) is 0. The lowest BCUT2D eigenvalue weighted by atomic mass is 9.78. The second-order valence-corrected chi connectivity index (χ2v) is 6.85. The third-order valence-corrected chi connectivity index (χ3v) is 5.41. The Bertz CT molecular complexity index is 226. The highest BCUT2D eigenvalue weighted by atomic mass is 15.0. The summed E-state index contributed by atoms with van der Waals surface area (Å²) < 4.78 is 0. The van der Waals surface area contributed by atoms with Crippen LogP contribution in [0.25, 0.3) is 0 Å². The molecular formula is C16H31N. The van der Waals surface area contributed by atoms with Crippen molar-refractivity contribution >= 4 is 0 Å². The zero-order valence-corrected chi connectivity index (χ0v) is 12.0. The molecule has 5 atom stereocenters. The van der Waals surface area contributed by atoms with Crippen molar-refractivity contribution in [2.75, 3.05) is 0 Å². The summed E-state index contributed by atoms with van der Waals surface area (Å²) in [5.41, 5.74) is 0. The second-order valence-electron chi connectivity index (χ2n) is 6.85. The Morgan fingerprint density at radius 1 is 0.706 bits per heavy atom. The fraction of sp³-hybridized carbons (Fsp3) is 1.00. The van der Waals surface area contributed by atoms with Crippen LogP contribution in [0, 0.1) is 17.8 Å². The molecule has 1 nitrogen and oxygen atoms in total. The Morgan fingerprint density at radius 2 is 1.47 bits per heavy atom. The van der Waals surface area contributed by atoms with Gasteiger partial charge in [-0.25, -0.2) is 0 Å². The molecule has 1 N–H and O–H groups in total. The first-order chi connectivity index (χ1) is 8.16. The van der Waals surface area contributed by atoms with Gasteiger partial charge in [-0.3, -0.25) is 0 Å². The molecule has 0 aromatic heterocycles. The van der Waals surface area contributed by atoms with Gasteiger partial charge in [-0.2, -0.15) is 0 Å². The van der Waals surface area contributed by atoms with Gasteiger partial charge in [-0.05, 0) is 49.9 Å². The van der Waals surface area contributed by atoms with Gasteiger partial charge < -0.3 is 5.32 Å². The summed E-state index contributed by atoms with van der Waals surface area (Å²) in [6.07, 6.45) is 11.5. The number of nitrogens with one attached hydrogen (secondary N) is 1. The average molecular weight is 237 g/mol. The minimum absolute atomic E-state index is 0.808. The van der Waals surface area contributed by atoms with Gasteiger partial charge in [0.15, 0.2) is 0 Å². The van der Waals surface area contributed by atoms with Crippen LogP contribution in [0.2, 0.25) is 0 Å². The lowest BCUT2D eigenvalue weighted by Gasteiger charge is -2.36. The van der Waals surface area contributed by atoms with Crippen molar-refractivity contribution in [3.05, 3.63) is 0 Å². The highest BCUT2D eigenvalue weighted by Gasteiger charge is 2.28. The maximum absolute atomic E-state index is 4.00. The first kappa shape index (κ1) is 13.4. The molecule has 2 rings (SSSR count). The highest BCUT2D eigenvalue weighted by molar-refractivity contribution is 4.85. The second kappa shape index (κ2) is 6.22. The lowest BCUT2D eigenvalue weighted by Crippen LogP contribution is -2.44. The van der Waals surface area contributed by atoms with Crippen molar-refractivity contribution in [1.82, 2.24) is 5.32 Å². The summed E-state index contributed by atoms with van der Waals surface area (Å²) in [5, 5.41) is 4.00. The Kier molecular flexibility index (Phi) is 4.90. The summed E-state index contributed by atoms with van der Waals surface area (Å²) in [6.45, 7) is 7.32. The predicted octanol–water partition coefficient (Wildman–Crippen LogP) is 4.37. The number of hydrogen-bond acceptors (Lipinski definition) is 1. The van der Waals surface area contributed by atoms with Gasteiger partial charge in [0.05, 0.1) is 0 Å². The van der Waals surface area contributed by atoms with Crippen molar-refractivity contribution in [3.63, 3.8) is 0 Å². The Morgan fingerprint density at radius 3 is 2.24 bits per heavy atom. The monoisotopic (exact) mass is 237 g/mol. The third-order valence-electron chi connectivity index (χ3n) is 5.41. The van der Waals surface area contributed by atoms with E-state index >= 15 is 0 Å². The summed E-state index contributed by atoms with van der Waals surface area (Å²) in [6, 6.07) is 1.62. The number of hydrogen-bond donors (Lipinski definition) is 1. The van der Waals surface area contributed by atoms with Gasteiger partial charge in [0.2, 0.25) is 0 Å². The molecule has 0 saturated heterocycles. The smallest absolute Gasteiger partial charge is 0.00952 e. The Balaban J connectivity index is 1.83. The molecule has 0 aromatic carbocycles. The van der Waals surface area contributed by atoms with Crippen LogP contribution in [-0.2, 0) is 0 Å². The van der Waals surface area contributed by atoms with Crippen LogP contribution in [0.5, 0.6) is 0 Å². The first-order valence-corrected chi connectivity index (χ1v) is 7.93. The van der Waals surface area contributed by atoms with E-state index in [9.17, 15) is 0 Å². The molecule has 2 saturated carbocycles. The molecule has 0 radical (unpaired) electrons. The zero-order valence-electron chi connectivity index (χ0n) is 12.0. The minimum Gasteiger partial charge on any atom is -0.311 e. The van der Waals surface area contributed by atoms with E-state index in [1.165, 1.54) is 51.4 Å². The normalized spacial score (nSPS) is 44.3. The summed E-state index contributed by atoms with van der Waals surface area (Å²) >= 11 is 0. The molecule has 0 amide bonds. The van der Waals surface area contributed by atoms with Crippen molar-refractivity contribution in [3.8, 4) is 0 Å². The van der Waals surface area contributed by atoms with E-state index in [4.69, 9.17) is 0 Å². The topological polar surface area (TPSA) is 12.0 Å². The molecule has 0 bridgehead atoms. The standard InChI is InChI=1S/C16H31N/c1-12-9-10-15(11-14(12)3)17-16-8-6-4-5-7-13(16)2/h12-17H,4-11H2,1-3H3. The highest BCUT2D eigenvalue weighted by Crippen LogP contribution is 2.31. The fourth-order valence-corrected chi connectivity index (χ4v) is 3.74. The largest absolute Gasteiger partial charge is 0.311 e. The summed E-state index contributed by atoms with van der Waals surface area (Å²) in [5.74, 6) is 2.76. The van der Waals surface area contributed by atoms with E-state index in [-0.39, 0.29) is 0 Å². The van der Waals surface area contributed by atoms with Crippen LogP contribution >= 0.6 is 0 Å². The van der Waals surface area contributed by atoms with Crippen molar-refractivity contribution in [1.29, 1.82) is 0 Å². The van der Waals surface area contributed by atoms with Crippen LogP contribution in [0.4, 0.5) is 0 Å². The van der Waals surface area contributed by atoms with E-state index in [0.717, 1.165) is 29.8 Å². The Labute approximate surface area is 108 Å². The van der Waals surface area contributed by atoms with Crippen LogP contribution in [0.15, 0.2) is 0 Å². The lowest BCUT2D eigenvalue weighted by molar-refractivity contribution is 0.198. The van der Waals surface area contributed by atoms with Crippen molar-refractivity contribution in [2.24, 2.45) is 17.8 Å². The molecular weight excluding hydrogens is 206 g/mol. The maximum Gasteiger partial charge on any atom is 0.00952 e. The van der Waals surface area contributed by atoms with Crippen LogP contribution in [0.3, 0.4) is 0 Å². The minimum atomic E-state index is 0.808. The Hall–Kier alpha value is -0.0400. The molecule has 17 heavy (non-hydrogen) atoms. The van der Waals surface area contributed by atoms with E-state index in [1.807, 2.05) is 0 Å². The van der Waals surface area contributed by atoms with E-state index in [2.05, 4.69) is 26.1 Å². The molecule has 0 heterocycles. The summed E-state index contributed by atoms with van der Waals surface area (Å²) in [7, 11) is 0. The quantitative estimate of drug-likeness (QED) is 0.703. The maximum atomic E-state index is 4.00. The van der Waals surface area contributed by atoms with Crippen molar-refractivity contribution < 1.29 is 0 Å².